The Hall–Kier alpha value is -0.0400. The topological polar surface area (TPSA) is 26.0 Å². The first kappa shape index (κ1) is 11.0. The van der Waals surface area contributed by atoms with Crippen molar-refractivity contribution in [3.63, 3.8) is 0 Å². The second-order valence-corrected chi connectivity index (χ2v) is 4.97. The molecule has 1 nitrogen and oxygen atoms in total. The lowest BCUT2D eigenvalue weighted by Crippen LogP contribution is -2.49. The molecule has 0 aromatic rings. The molecule has 1 aliphatic rings. The van der Waals surface area contributed by atoms with E-state index in [0.717, 1.165) is 5.92 Å². The fourth-order valence-electron chi connectivity index (χ4n) is 2.59. The molecule has 0 amide bonds. The summed E-state index contributed by atoms with van der Waals surface area (Å²) in [6, 6.07) is 0. The van der Waals surface area contributed by atoms with Crippen LogP contribution in [0.15, 0.2) is 0 Å². The predicted molar refractivity (Wildman–Crippen MR) is 58.6 cm³/mol. The van der Waals surface area contributed by atoms with Gasteiger partial charge < -0.3 is 5.73 Å². The van der Waals surface area contributed by atoms with E-state index in [2.05, 4.69) is 20.8 Å². The van der Waals surface area contributed by atoms with E-state index in [4.69, 9.17) is 5.73 Å². The van der Waals surface area contributed by atoms with Crippen LogP contribution in [-0.2, 0) is 0 Å². The molecule has 1 fully saturated rings. The van der Waals surface area contributed by atoms with Crippen molar-refractivity contribution in [2.45, 2.75) is 64.8 Å². The van der Waals surface area contributed by atoms with Crippen molar-refractivity contribution in [3.8, 4) is 0 Å². The second-order valence-electron chi connectivity index (χ2n) is 4.97. The summed E-state index contributed by atoms with van der Waals surface area (Å²) in [6.07, 6.45) is 7.85. The molecule has 13 heavy (non-hydrogen) atoms. The van der Waals surface area contributed by atoms with Crippen molar-refractivity contribution >= 4 is 0 Å². The van der Waals surface area contributed by atoms with Crippen molar-refractivity contribution in [1.82, 2.24) is 0 Å². The van der Waals surface area contributed by atoms with Gasteiger partial charge in [0, 0.05) is 5.54 Å². The zero-order valence-corrected chi connectivity index (χ0v) is 9.47. The Labute approximate surface area is 83.1 Å². The fourth-order valence-corrected chi connectivity index (χ4v) is 2.59. The largest absolute Gasteiger partial charge is 0.325 e. The zero-order chi connectivity index (χ0) is 9.90. The number of nitrogens with two attached hydrogens (primary N) is 1. The van der Waals surface area contributed by atoms with Gasteiger partial charge in [0.2, 0.25) is 0 Å². The highest BCUT2D eigenvalue weighted by atomic mass is 14.8. The molecule has 0 spiro atoms. The minimum absolute atomic E-state index is 0.160. The summed E-state index contributed by atoms with van der Waals surface area (Å²) >= 11 is 0. The molecule has 2 N–H and O–H groups in total. The van der Waals surface area contributed by atoms with Crippen LogP contribution < -0.4 is 5.73 Å². The van der Waals surface area contributed by atoms with Crippen LogP contribution in [0.5, 0.6) is 0 Å². The van der Waals surface area contributed by atoms with E-state index in [1.54, 1.807) is 0 Å². The Morgan fingerprint density at radius 3 is 2.15 bits per heavy atom. The Morgan fingerprint density at radius 2 is 1.69 bits per heavy atom. The number of rotatable bonds is 3. The lowest BCUT2D eigenvalue weighted by Gasteiger charge is -2.41. The van der Waals surface area contributed by atoms with Crippen molar-refractivity contribution < 1.29 is 0 Å². The first-order valence-electron chi connectivity index (χ1n) is 5.89. The van der Waals surface area contributed by atoms with E-state index in [9.17, 15) is 0 Å². The molecule has 2 unspecified atom stereocenters. The fraction of sp³-hybridized carbons (Fsp3) is 1.00. The Morgan fingerprint density at radius 1 is 1.15 bits per heavy atom. The third kappa shape index (κ3) is 2.46. The van der Waals surface area contributed by atoms with Crippen molar-refractivity contribution in [2.75, 3.05) is 0 Å². The molecule has 78 valence electrons. The summed E-state index contributed by atoms with van der Waals surface area (Å²) in [7, 11) is 0. The lowest BCUT2D eigenvalue weighted by atomic mass is 9.69. The number of hydrogen-bond donors (Lipinski definition) is 1. The maximum Gasteiger partial charge on any atom is 0.0182 e. The molecule has 1 heteroatoms. The minimum atomic E-state index is 0.160. The SMILES string of the molecule is CCC(C)C(C)C1(N)CCCCC1. The molecule has 1 aliphatic carbocycles. The first-order valence-corrected chi connectivity index (χ1v) is 5.89. The normalized spacial score (nSPS) is 26.8. The van der Waals surface area contributed by atoms with Gasteiger partial charge in [-0.2, -0.15) is 0 Å². The third-order valence-corrected chi connectivity index (χ3v) is 4.19. The van der Waals surface area contributed by atoms with Gasteiger partial charge in [0.1, 0.15) is 0 Å². The second kappa shape index (κ2) is 4.45. The molecule has 1 rings (SSSR count). The van der Waals surface area contributed by atoms with Gasteiger partial charge in [-0.25, -0.2) is 0 Å². The third-order valence-electron chi connectivity index (χ3n) is 4.19. The van der Waals surface area contributed by atoms with Crippen LogP contribution >= 0.6 is 0 Å². The molecule has 0 heterocycles. The molecule has 2 atom stereocenters. The molecule has 0 radical (unpaired) electrons. The smallest absolute Gasteiger partial charge is 0.0182 e. The van der Waals surface area contributed by atoms with Crippen LogP contribution in [0.25, 0.3) is 0 Å². The van der Waals surface area contributed by atoms with E-state index >= 15 is 0 Å². The van der Waals surface area contributed by atoms with Crippen LogP contribution in [0, 0.1) is 11.8 Å². The molecule has 0 aromatic carbocycles. The molecule has 0 saturated heterocycles. The van der Waals surface area contributed by atoms with E-state index in [1.165, 1.54) is 38.5 Å². The van der Waals surface area contributed by atoms with Gasteiger partial charge in [-0.15, -0.1) is 0 Å². The highest BCUT2D eigenvalue weighted by molar-refractivity contribution is 4.93. The average molecular weight is 183 g/mol. The lowest BCUT2D eigenvalue weighted by molar-refractivity contribution is 0.157. The predicted octanol–water partition coefficient (Wildman–Crippen LogP) is 3.33. The summed E-state index contributed by atoms with van der Waals surface area (Å²) < 4.78 is 0. The van der Waals surface area contributed by atoms with Gasteiger partial charge in [-0.3, -0.25) is 0 Å². The quantitative estimate of drug-likeness (QED) is 0.713. The monoisotopic (exact) mass is 183 g/mol. The van der Waals surface area contributed by atoms with Gasteiger partial charge in [-0.1, -0.05) is 46.5 Å². The summed E-state index contributed by atoms with van der Waals surface area (Å²) in [5.41, 5.74) is 6.64. The highest BCUT2D eigenvalue weighted by Gasteiger charge is 2.35. The zero-order valence-electron chi connectivity index (χ0n) is 9.47. The van der Waals surface area contributed by atoms with Gasteiger partial charge in [0.25, 0.3) is 0 Å². The van der Waals surface area contributed by atoms with Gasteiger partial charge in [0.15, 0.2) is 0 Å². The summed E-state index contributed by atoms with van der Waals surface area (Å²) in [5.74, 6) is 1.47. The van der Waals surface area contributed by atoms with Gasteiger partial charge in [0.05, 0.1) is 0 Å². The molecule has 1 saturated carbocycles. The van der Waals surface area contributed by atoms with Gasteiger partial charge in [-0.05, 0) is 24.7 Å². The number of hydrogen-bond acceptors (Lipinski definition) is 1. The first-order chi connectivity index (χ1) is 6.10. The van der Waals surface area contributed by atoms with Crippen LogP contribution in [0.2, 0.25) is 0 Å². The highest BCUT2D eigenvalue weighted by Crippen LogP contribution is 2.36. The van der Waals surface area contributed by atoms with Crippen molar-refractivity contribution in [2.24, 2.45) is 17.6 Å². The minimum Gasteiger partial charge on any atom is -0.325 e. The maximum absolute atomic E-state index is 6.48. The van der Waals surface area contributed by atoms with Crippen LogP contribution in [0.1, 0.15) is 59.3 Å². The van der Waals surface area contributed by atoms with Crippen LogP contribution in [-0.4, -0.2) is 5.54 Å². The Balaban J connectivity index is 2.55. The molecule has 0 aliphatic heterocycles. The summed E-state index contributed by atoms with van der Waals surface area (Å²) in [4.78, 5) is 0. The molecular formula is C12H25N. The molecule has 0 bridgehead atoms. The maximum atomic E-state index is 6.48. The van der Waals surface area contributed by atoms with E-state index in [1.807, 2.05) is 0 Å². The summed E-state index contributed by atoms with van der Waals surface area (Å²) in [6.45, 7) is 6.96. The molecule has 0 aromatic heterocycles. The van der Waals surface area contributed by atoms with E-state index in [-0.39, 0.29) is 5.54 Å². The van der Waals surface area contributed by atoms with E-state index in [0.29, 0.717) is 5.92 Å². The van der Waals surface area contributed by atoms with Crippen LogP contribution in [0.3, 0.4) is 0 Å². The van der Waals surface area contributed by atoms with Crippen molar-refractivity contribution in [1.29, 1.82) is 0 Å². The summed E-state index contributed by atoms with van der Waals surface area (Å²) in [5, 5.41) is 0. The molecular weight excluding hydrogens is 158 g/mol. The van der Waals surface area contributed by atoms with Crippen molar-refractivity contribution in [3.05, 3.63) is 0 Å². The Kier molecular flexibility index (Phi) is 3.78. The Bertz CT molecular complexity index is 147. The van der Waals surface area contributed by atoms with E-state index < -0.39 is 0 Å². The average Bonchev–Trinajstić information content (AvgIpc) is 2.16. The van der Waals surface area contributed by atoms with Crippen LogP contribution in [0.4, 0.5) is 0 Å². The van der Waals surface area contributed by atoms with Gasteiger partial charge >= 0.3 is 0 Å². The standard InChI is InChI=1S/C12H25N/c1-4-10(2)11(3)12(13)8-6-5-7-9-12/h10-11H,4-9,13H2,1-3H3.